The zero-order chi connectivity index (χ0) is 14.3. The third kappa shape index (κ3) is 3.02. The predicted molar refractivity (Wildman–Crippen MR) is 66.1 cm³/mol. The van der Waals surface area contributed by atoms with E-state index in [9.17, 15) is 9.59 Å². The molecule has 0 aliphatic heterocycles. The maximum absolute atomic E-state index is 11.8. The second-order valence-electron chi connectivity index (χ2n) is 3.70. The molecule has 0 radical (unpaired) electrons. The molecule has 7 heteroatoms. The molecule has 0 saturated carbocycles. The quantitative estimate of drug-likeness (QED) is 0.265. The predicted octanol–water partition coefficient (Wildman–Crippen LogP) is 1.62. The number of benzene rings is 1. The molecule has 0 aliphatic rings. The highest BCUT2D eigenvalue weighted by Gasteiger charge is 2.48. The van der Waals surface area contributed by atoms with Gasteiger partial charge >= 0.3 is 11.9 Å². The van der Waals surface area contributed by atoms with Crippen LogP contribution >= 0.6 is 0 Å². The molecule has 0 aliphatic carbocycles. The molecule has 0 saturated heterocycles. The second-order valence-corrected chi connectivity index (χ2v) is 3.70. The van der Waals surface area contributed by atoms with Gasteiger partial charge in [0.25, 0.3) is 0 Å². The minimum absolute atomic E-state index is 0.128. The largest absolute Gasteiger partial charge is 0.468 e. The molecule has 1 aromatic carbocycles. The lowest BCUT2D eigenvalue weighted by molar-refractivity contribution is -0.161. The Morgan fingerprint density at radius 1 is 1.21 bits per heavy atom. The molecule has 0 aromatic heterocycles. The maximum atomic E-state index is 11.8. The van der Waals surface area contributed by atoms with Crippen molar-refractivity contribution in [2.75, 3.05) is 14.2 Å². The van der Waals surface area contributed by atoms with Gasteiger partial charge in [-0.2, -0.15) is 0 Å². The topological polar surface area (TPSA) is 101 Å². The van der Waals surface area contributed by atoms with Gasteiger partial charge in [0, 0.05) is 11.3 Å². The van der Waals surface area contributed by atoms with E-state index in [-0.39, 0.29) is 6.42 Å². The molecule has 7 nitrogen and oxygen atoms in total. The number of hydrogen-bond donors (Lipinski definition) is 0. The number of azide groups is 1. The molecule has 1 aromatic rings. The third-order valence-electron chi connectivity index (χ3n) is 2.56. The zero-order valence-electron chi connectivity index (χ0n) is 10.6. The Morgan fingerprint density at radius 2 is 1.74 bits per heavy atom. The van der Waals surface area contributed by atoms with Crippen LogP contribution in [0.25, 0.3) is 10.4 Å². The molecule has 0 bridgehead atoms. The number of esters is 2. The van der Waals surface area contributed by atoms with Crippen molar-refractivity contribution in [3.8, 4) is 0 Å². The molecule has 100 valence electrons. The summed E-state index contributed by atoms with van der Waals surface area (Å²) in [6.07, 6.45) is -0.128. The van der Waals surface area contributed by atoms with E-state index < -0.39 is 17.5 Å². The van der Waals surface area contributed by atoms with Gasteiger partial charge in [0.15, 0.2) is 0 Å². The smallest absolute Gasteiger partial charge is 0.329 e. The molecule has 0 unspecified atom stereocenters. The van der Waals surface area contributed by atoms with Crippen molar-refractivity contribution in [1.82, 2.24) is 0 Å². The first-order valence-corrected chi connectivity index (χ1v) is 5.37. The number of nitrogens with zero attached hydrogens (tertiary/aromatic N) is 3. The summed E-state index contributed by atoms with van der Waals surface area (Å²) < 4.78 is 9.12. The van der Waals surface area contributed by atoms with Crippen LogP contribution in [0.15, 0.2) is 35.4 Å². The highest BCUT2D eigenvalue weighted by atomic mass is 16.5. The minimum Gasteiger partial charge on any atom is -0.468 e. The van der Waals surface area contributed by atoms with E-state index in [1.807, 2.05) is 0 Å². The van der Waals surface area contributed by atoms with Gasteiger partial charge in [0.05, 0.1) is 14.2 Å². The van der Waals surface area contributed by atoms with Crippen molar-refractivity contribution in [3.05, 3.63) is 46.3 Å². The SMILES string of the molecule is COC(=O)C(Cc1ccccc1)(N=[N+]=[N-])C(=O)OC. The first-order chi connectivity index (χ1) is 9.10. The first-order valence-electron chi connectivity index (χ1n) is 5.37. The number of carbonyl (C=O) groups is 2. The molecule has 0 atom stereocenters. The Hall–Kier alpha value is -2.53. The summed E-state index contributed by atoms with van der Waals surface area (Å²) in [7, 11) is 2.22. The van der Waals surface area contributed by atoms with Gasteiger partial charge in [-0.05, 0) is 11.1 Å². The van der Waals surface area contributed by atoms with Gasteiger partial charge < -0.3 is 9.47 Å². The monoisotopic (exact) mass is 263 g/mol. The average Bonchev–Trinajstić information content (AvgIpc) is 2.46. The van der Waals surface area contributed by atoms with Crippen LogP contribution in [0.3, 0.4) is 0 Å². The first kappa shape index (κ1) is 14.5. The summed E-state index contributed by atoms with van der Waals surface area (Å²) in [5.41, 5.74) is 7.21. The highest BCUT2D eigenvalue weighted by Crippen LogP contribution is 2.22. The van der Waals surface area contributed by atoms with Crippen LogP contribution in [0.5, 0.6) is 0 Å². The van der Waals surface area contributed by atoms with E-state index in [1.54, 1.807) is 30.3 Å². The van der Waals surface area contributed by atoms with Crippen molar-refractivity contribution in [1.29, 1.82) is 0 Å². The average molecular weight is 263 g/mol. The molecule has 0 amide bonds. The van der Waals surface area contributed by atoms with E-state index in [2.05, 4.69) is 19.5 Å². The molecule has 1 rings (SSSR count). The van der Waals surface area contributed by atoms with Gasteiger partial charge in [-0.1, -0.05) is 35.4 Å². The van der Waals surface area contributed by atoms with Crippen molar-refractivity contribution in [2.45, 2.75) is 12.0 Å². The fourth-order valence-electron chi connectivity index (χ4n) is 1.65. The molecule has 0 fully saturated rings. The summed E-state index contributed by atoms with van der Waals surface area (Å²) in [6.45, 7) is 0. The zero-order valence-corrected chi connectivity index (χ0v) is 10.6. The van der Waals surface area contributed by atoms with Gasteiger partial charge in [-0.25, -0.2) is 0 Å². The Bertz CT molecular complexity index is 493. The second kappa shape index (κ2) is 6.42. The van der Waals surface area contributed by atoms with Crippen LogP contribution in [0.1, 0.15) is 5.56 Å². The third-order valence-corrected chi connectivity index (χ3v) is 2.56. The van der Waals surface area contributed by atoms with Crippen molar-refractivity contribution < 1.29 is 19.1 Å². The van der Waals surface area contributed by atoms with E-state index in [4.69, 9.17) is 5.53 Å². The number of ether oxygens (including phenoxy) is 2. The molecular weight excluding hydrogens is 250 g/mol. The maximum Gasteiger partial charge on any atom is 0.329 e. The summed E-state index contributed by atoms with van der Waals surface area (Å²) in [4.78, 5) is 26.2. The fourth-order valence-corrected chi connectivity index (χ4v) is 1.65. The van der Waals surface area contributed by atoms with Crippen molar-refractivity contribution >= 4 is 11.9 Å². The van der Waals surface area contributed by atoms with Crippen LogP contribution in [0.4, 0.5) is 0 Å². The Labute approximate surface area is 109 Å². The number of hydrogen-bond acceptors (Lipinski definition) is 5. The van der Waals surface area contributed by atoms with Crippen LogP contribution in [-0.2, 0) is 25.5 Å². The summed E-state index contributed by atoms with van der Waals surface area (Å²) in [5, 5.41) is 3.32. The van der Waals surface area contributed by atoms with E-state index in [0.717, 1.165) is 14.2 Å². The summed E-state index contributed by atoms with van der Waals surface area (Å²) >= 11 is 0. The molecule has 0 heterocycles. The summed E-state index contributed by atoms with van der Waals surface area (Å²) in [6, 6.07) is 8.67. The Kier molecular flexibility index (Phi) is 4.91. The molecule has 19 heavy (non-hydrogen) atoms. The fraction of sp³-hybridized carbons (Fsp3) is 0.333. The number of methoxy groups -OCH3 is 2. The highest BCUT2D eigenvalue weighted by molar-refractivity contribution is 6.05. The van der Waals surface area contributed by atoms with Crippen molar-refractivity contribution in [3.63, 3.8) is 0 Å². The molecule has 0 N–H and O–H groups in total. The van der Waals surface area contributed by atoms with Gasteiger partial charge in [-0.15, -0.1) is 0 Å². The summed E-state index contributed by atoms with van der Waals surface area (Å²) in [5.74, 6) is -1.91. The van der Waals surface area contributed by atoms with Crippen LogP contribution in [-0.4, -0.2) is 31.7 Å². The normalized spacial score (nSPS) is 10.2. The van der Waals surface area contributed by atoms with Crippen LogP contribution in [0, 0.1) is 0 Å². The minimum atomic E-state index is -2.04. The van der Waals surface area contributed by atoms with Crippen LogP contribution in [0.2, 0.25) is 0 Å². The van der Waals surface area contributed by atoms with E-state index in [0.29, 0.717) is 5.56 Å². The number of carbonyl (C=O) groups excluding carboxylic acids is 2. The van der Waals surface area contributed by atoms with E-state index >= 15 is 0 Å². The van der Waals surface area contributed by atoms with Crippen LogP contribution < -0.4 is 0 Å². The molecular formula is C12H13N3O4. The lowest BCUT2D eigenvalue weighted by Crippen LogP contribution is -2.48. The Morgan fingerprint density at radius 3 is 2.16 bits per heavy atom. The van der Waals surface area contributed by atoms with Gasteiger partial charge in [0.1, 0.15) is 0 Å². The van der Waals surface area contributed by atoms with Gasteiger partial charge in [-0.3, -0.25) is 9.59 Å². The lowest BCUT2D eigenvalue weighted by atomic mass is 9.91. The van der Waals surface area contributed by atoms with Gasteiger partial charge in [0.2, 0.25) is 5.54 Å². The number of rotatable bonds is 5. The van der Waals surface area contributed by atoms with E-state index in [1.165, 1.54) is 0 Å². The lowest BCUT2D eigenvalue weighted by Gasteiger charge is -2.22. The Balaban J connectivity index is 3.27. The van der Waals surface area contributed by atoms with Crippen molar-refractivity contribution in [2.24, 2.45) is 5.11 Å². The standard InChI is InChI=1S/C12H13N3O4/c1-18-10(16)12(14-15-13,11(17)19-2)8-9-6-4-3-5-7-9/h3-7H,8H2,1-2H3. The molecule has 0 spiro atoms.